The normalized spacial score (nSPS) is 27.7. The molecule has 0 radical (unpaired) electrons. The van der Waals surface area contributed by atoms with E-state index in [1.165, 1.54) is 41.2 Å². The van der Waals surface area contributed by atoms with Crippen LogP contribution in [0.2, 0.25) is 0 Å². The molecular weight excluding hydrogens is 345 g/mol. The fraction of sp³-hybridized carbons (Fsp3) is 0.647. The zero-order valence-electron chi connectivity index (χ0n) is 12.2. The monoisotopic (exact) mass is 371 g/mol. The van der Waals surface area contributed by atoms with E-state index in [0.29, 0.717) is 0 Å². The Balaban J connectivity index is 1.99. The molecule has 1 saturated carbocycles. The topological polar surface area (TPSA) is 26.0 Å². The summed E-state index contributed by atoms with van der Waals surface area (Å²) in [7, 11) is 0. The third-order valence-electron chi connectivity index (χ3n) is 4.26. The van der Waals surface area contributed by atoms with Crippen molar-refractivity contribution in [2.45, 2.75) is 57.9 Å². The van der Waals surface area contributed by atoms with Gasteiger partial charge in [0.1, 0.15) is 0 Å². The maximum absolute atomic E-state index is 6.69. The van der Waals surface area contributed by atoms with E-state index in [-0.39, 0.29) is 5.54 Å². The molecule has 1 aromatic rings. The Hall–Kier alpha value is -0.0900. The van der Waals surface area contributed by atoms with Crippen molar-refractivity contribution in [3.05, 3.63) is 33.4 Å². The number of hydrogen-bond acceptors (Lipinski definition) is 1. The standard InChI is InChI=1S/C17H26IN/c1-13(2)10-15-4-3-9-17(19,12-15)11-14-5-7-16(18)8-6-14/h5-8,13,15H,3-4,9-12,19H2,1-2H3. The van der Waals surface area contributed by atoms with Crippen LogP contribution < -0.4 is 5.73 Å². The second-order valence-corrected chi connectivity index (χ2v) is 8.00. The van der Waals surface area contributed by atoms with E-state index in [2.05, 4.69) is 60.7 Å². The van der Waals surface area contributed by atoms with Gasteiger partial charge in [-0.15, -0.1) is 0 Å². The first-order valence-electron chi connectivity index (χ1n) is 7.50. The molecule has 2 heteroatoms. The Morgan fingerprint density at radius 2 is 2.00 bits per heavy atom. The third-order valence-corrected chi connectivity index (χ3v) is 4.98. The van der Waals surface area contributed by atoms with Crippen LogP contribution in [0.15, 0.2) is 24.3 Å². The van der Waals surface area contributed by atoms with Crippen molar-refractivity contribution in [2.24, 2.45) is 17.6 Å². The molecule has 2 rings (SSSR count). The van der Waals surface area contributed by atoms with Crippen LogP contribution in [0.25, 0.3) is 0 Å². The van der Waals surface area contributed by atoms with Crippen LogP contribution in [-0.2, 0) is 6.42 Å². The lowest BCUT2D eigenvalue weighted by Gasteiger charge is -2.39. The zero-order chi connectivity index (χ0) is 13.9. The number of rotatable bonds is 4. The molecule has 2 atom stereocenters. The Morgan fingerprint density at radius 3 is 2.63 bits per heavy atom. The molecular formula is C17H26IN. The SMILES string of the molecule is CC(C)CC1CCCC(N)(Cc2ccc(I)cc2)C1. The largest absolute Gasteiger partial charge is 0.325 e. The number of hydrogen-bond donors (Lipinski definition) is 1. The summed E-state index contributed by atoms with van der Waals surface area (Å²) in [4.78, 5) is 0. The summed E-state index contributed by atoms with van der Waals surface area (Å²) in [5, 5.41) is 0. The average Bonchev–Trinajstić information content (AvgIpc) is 2.31. The highest BCUT2D eigenvalue weighted by molar-refractivity contribution is 14.1. The van der Waals surface area contributed by atoms with Gasteiger partial charge in [-0.3, -0.25) is 0 Å². The molecule has 106 valence electrons. The predicted molar refractivity (Wildman–Crippen MR) is 91.2 cm³/mol. The van der Waals surface area contributed by atoms with Gasteiger partial charge in [-0.05, 0) is 77.8 Å². The molecule has 1 nitrogen and oxygen atoms in total. The van der Waals surface area contributed by atoms with Gasteiger partial charge in [0.2, 0.25) is 0 Å². The van der Waals surface area contributed by atoms with E-state index in [1.807, 2.05) is 0 Å². The molecule has 2 N–H and O–H groups in total. The van der Waals surface area contributed by atoms with Gasteiger partial charge < -0.3 is 5.73 Å². The van der Waals surface area contributed by atoms with Gasteiger partial charge in [0.05, 0.1) is 0 Å². The van der Waals surface area contributed by atoms with Crippen molar-refractivity contribution in [1.29, 1.82) is 0 Å². The van der Waals surface area contributed by atoms with Gasteiger partial charge in [0.25, 0.3) is 0 Å². The van der Waals surface area contributed by atoms with Crippen LogP contribution in [0.3, 0.4) is 0 Å². The number of nitrogens with two attached hydrogens (primary N) is 1. The van der Waals surface area contributed by atoms with E-state index in [1.54, 1.807) is 0 Å². The molecule has 0 bridgehead atoms. The molecule has 19 heavy (non-hydrogen) atoms. The van der Waals surface area contributed by atoms with Crippen molar-refractivity contribution >= 4 is 22.6 Å². The zero-order valence-corrected chi connectivity index (χ0v) is 14.3. The Bertz CT molecular complexity index is 398. The third kappa shape index (κ3) is 4.75. The lowest BCUT2D eigenvalue weighted by Crippen LogP contribution is -2.46. The first kappa shape index (κ1) is 15.3. The van der Waals surface area contributed by atoms with Gasteiger partial charge in [0, 0.05) is 9.11 Å². The van der Waals surface area contributed by atoms with Crippen molar-refractivity contribution in [1.82, 2.24) is 0 Å². The van der Waals surface area contributed by atoms with Crippen molar-refractivity contribution in [2.75, 3.05) is 0 Å². The summed E-state index contributed by atoms with van der Waals surface area (Å²) in [6.07, 6.45) is 7.46. The lowest BCUT2D eigenvalue weighted by molar-refractivity contribution is 0.200. The molecule has 1 aromatic carbocycles. The maximum atomic E-state index is 6.69. The van der Waals surface area contributed by atoms with Crippen LogP contribution in [0.1, 0.15) is 51.5 Å². The van der Waals surface area contributed by atoms with Crippen LogP contribution in [0, 0.1) is 15.4 Å². The summed E-state index contributed by atoms with van der Waals surface area (Å²) in [6, 6.07) is 8.85. The van der Waals surface area contributed by atoms with E-state index >= 15 is 0 Å². The lowest BCUT2D eigenvalue weighted by atomic mass is 9.71. The number of benzene rings is 1. The van der Waals surface area contributed by atoms with Gasteiger partial charge in [-0.1, -0.05) is 38.8 Å². The summed E-state index contributed by atoms with van der Waals surface area (Å²) < 4.78 is 1.30. The molecule has 0 amide bonds. The average molecular weight is 371 g/mol. The first-order chi connectivity index (χ1) is 8.97. The summed E-state index contributed by atoms with van der Waals surface area (Å²) >= 11 is 2.36. The van der Waals surface area contributed by atoms with E-state index in [4.69, 9.17) is 5.73 Å². The van der Waals surface area contributed by atoms with Crippen LogP contribution in [0.5, 0.6) is 0 Å². The maximum Gasteiger partial charge on any atom is 0.0197 e. The summed E-state index contributed by atoms with van der Waals surface area (Å²) in [5.41, 5.74) is 8.12. The minimum atomic E-state index is 0.0323. The Morgan fingerprint density at radius 1 is 1.32 bits per heavy atom. The van der Waals surface area contributed by atoms with Gasteiger partial charge in [-0.2, -0.15) is 0 Å². The quantitative estimate of drug-likeness (QED) is 0.759. The summed E-state index contributed by atoms with van der Waals surface area (Å²) in [5.74, 6) is 1.63. The molecule has 2 unspecified atom stereocenters. The molecule has 0 spiro atoms. The number of halogens is 1. The predicted octanol–water partition coefficient (Wildman–Crippen LogP) is 4.77. The van der Waals surface area contributed by atoms with Crippen LogP contribution in [0.4, 0.5) is 0 Å². The molecule has 0 aliphatic heterocycles. The van der Waals surface area contributed by atoms with E-state index in [9.17, 15) is 0 Å². The molecule has 0 aromatic heterocycles. The molecule has 1 aliphatic rings. The Labute approximate surface area is 131 Å². The van der Waals surface area contributed by atoms with E-state index < -0.39 is 0 Å². The smallest absolute Gasteiger partial charge is 0.0197 e. The molecule has 0 saturated heterocycles. The highest BCUT2D eigenvalue weighted by Crippen LogP contribution is 2.36. The fourth-order valence-corrected chi connectivity index (χ4v) is 3.92. The van der Waals surface area contributed by atoms with Crippen LogP contribution >= 0.6 is 22.6 Å². The van der Waals surface area contributed by atoms with Gasteiger partial charge in [-0.25, -0.2) is 0 Å². The second kappa shape index (κ2) is 6.57. The minimum Gasteiger partial charge on any atom is -0.325 e. The molecule has 1 aliphatic carbocycles. The van der Waals surface area contributed by atoms with E-state index in [0.717, 1.165) is 18.3 Å². The van der Waals surface area contributed by atoms with Gasteiger partial charge >= 0.3 is 0 Å². The van der Waals surface area contributed by atoms with Crippen molar-refractivity contribution < 1.29 is 0 Å². The minimum absolute atomic E-state index is 0.0323. The summed E-state index contributed by atoms with van der Waals surface area (Å²) in [6.45, 7) is 4.65. The van der Waals surface area contributed by atoms with Gasteiger partial charge in [0.15, 0.2) is 0 Å². The van der Waals surface area contributed by atoms with Crippen molar-refractivity contribution in [3.8, 4) is 0 Å². The highest BCUT2D eigenvalue weighted by Gasteiger charge is 2.32. The second-order valence-electron chi connectivity index (χ2n) is 6.76. The van der Waals surface area contributed by atoms with Crippen LogP contribution in [-0.4, -0.2) is 5.54 Å². The Kier molecular flexibility index (Phi) is 5.29. The molecule has 1 fully saturated rings. The molecule has 0 heterocycles. The fourth-order valence-electron chi connectivity index (χ4n) is 3.56. The highest BCUT2D eigenvalue weighted by atomic mass is 127. The van der Waals surface area contributed by atoms with Crippen molar-refractivity contribution in [3.63, 3.8) is 0 Å². The first-order valence-corrected chi connectivity index (χ1v) is 8.58.